The maximum absolute atomic E-state index is 4.62. The van der Waals surface area contributed by atoms with E-state index in [9.17, 15) is 0 Å². The van der Waals surface area contributed by atoms with E-state index >= 15 is 0 Å². The first-order chi connectivity index (χ1) is 9.67. The van der Waals surface area contributed by atoms with Crippen molar-refractivity contribution in [2.45, 2.75) is 47.1 Å². The van der Waals surface area contributed by atoms with Gasteiger partial charge < -0.3 is 5.32 Å². The Hall–Kier alpha value is -1.68. The van der Waals surface area contributed by atoms with Crippen molar-refractivity contribution in [3.63, 3.8) is 0 Å². The highest BCUT2D eigenvalue weighted by Gasteiger charge is 2.12. The molecule has 2 aromatic heterocycles. The molecule has 4 heteroatoms. The zero-order valence-electron chi connectivity index (χ0n) is 12.9. The Labute approximate surface area is 121 Å². The van der Waals surface area contributed by atoms with Crippen molar-refractivity contribution in [2.75, 3.05) is 6.54 Å². The molecule has 4 nitrogen and oxygen atoms in total. The minimum absolute atomic E-state index is 0.878. The monoisotopic (exact) mass is 272 g/mol. The van der Waals surface area contributed by atoms with Crippen LogP contribution in [0.5, 0.6) is 0 Å². The SMILES string of the molecule is CCCNCc1ccnc(-n2nc(C)c(CC)c2C)c1. The first-order valence-electron chi connectivity index (χ1n) is 7.38. The number of pyridine rings is 1. The van der Waals surface area contributed by atoms with E-state index in [1.54, 1.807) is 0 Å². The summed E-state index contributed by atoms with van der Waals surface area (Å²) in [6.07, 6.45) is 4.02. The summed E-state index contributed by atoms with van der Waals surface area (Å²) in [4.78, 5) is 4.46. The van der Waals surface area contributed by atoms with Crippen molar-refractivity contribution in [1.29, 1.82) is 0 Å². The molecule has 0 atom stereocenters. The van der Waals surface area contributed by atoms with Gasteiger partial charge in [-0.3, -0.25) is 0 Å². The smallest absolute Gasteiger partial charge is 0.153 e. The van der Waals surface area contributed by atoms with Crippen molar-refractivity contribution in [3.8, 4) is 5.82 Å². The lowest BCUT2D eigenvalue weighted by molar-refractivity contribution is 0.673. The maximum Gasteiger partial charge on any atom is 0.153 e. The molecule has 0 saturated carbocycles. The lowest BCUT2D eigenvalue weighted by Crippen LogP contribution is -2.14. The van der Waals surface area contributed by atoms with Crippen LogP contribution in [-0.4, -0.2) is 21.3 Å². The van der Waals surface area contributed by atoms with Gasteiger partial charge in [-0.25, -0.2) is 9.67 Å². The Morgan fingerprint density at radius 1 is 1.25 bits per heavy atom. The third-order valence-electron chi connectivity index (χ3n) is 3.58. The Balaban J connectivity index is 2.27. The molecule has 0 aliphatic rings. The van der Waals surface area contributed by atoms with Gasteiger partial charge in [-0.2, -0.15) is 5.10 Å². The zero-order valence-corrected chi connectivity index (χ0v) is 12.9. The van der Waals surface area contributed by atoms with E-state index in [0.29, 0.717) is 0 Å². The van der Waals surface area contributed by atoms with Gasteiger partial charge >= 0.3 is 0 Å². The van der Waals surface area contributed by atoms with E-state index in [2.05, 4.69) is 55.2 Å². The Kier molecular flexibility index (Phi) is 4.90. The molecule has 0 amide bonds. The number of hydrogen-bond donors (Lipinski definition) is 1. The van der Waals surface area contributed by atoms with Gasteiger partial charge in [0.1, 0.15) is 0 Å². The van der Waals surface area contributed by atoms with Gasteiger partial charge in [0.05, 0.1) is 5.69 Å². The number of nitrogens with zero attached hydrogens (tertiary/aromatic N) is 3. The molecule has 0 spiro atoms. The van der Waals surface area contributed by atoms with Crippen LogP contribution in [0.1, 0.15) is 42.8 Å². The zero-order chi connectivity index (χ0) is 14.5. The van der Waals surface area contributed by atoms with Crippen molar-refractivity contribution in [1.82, 2.24) is 20.1 Å². The maximum atomic E-state index is 4.62. The van der Waals surface area contributed by atoms with Gasteiger partial charge in [-0.1, -0.05) is 13.8 Å². The summed E-state index contributed by atoms with van der Waals surface area (Å²) in [5.74, 6) is 0.904. The van der Waals surface area contributed by atoms with Gasteiger partial charge in [0, 0.05) is 18.4 Å². The number of rotatable bonds is 6. The van der Waals surface area contributed by atoms with Crippen LogP contribution in [0.4, 0.5) is 0 Å². The Bertz CT molecular complexity index is 572. The van der Waals surface area contributed by atoms with Crippen molar-refractivity contribution < 1.29 is 0 Å². The van der Waals surface area contributed by atoms with Crippen molar-refractivity contribution in [2.24, 2.45) is 0 Å². The quantitative estimate of drug-likeness (QED) is 0.822. The largest absolute Gasteiger partial charge is 0.313 e. The second-order valence-corrected chi connectivity index (χ2v) is 5.11. The molecule has 0 aromatic carbocycles. The lowest BCUT2D eigenvalue weighted by Gasteiger charge is -2.07. The molecule has 0 saturated heterocycles. The van der Waals surface area contributed by atoms with E-state index < -0.39 is 0 Å². The fraction of sp³-hybridized carbons (Fsp3) is 0.500. The molecule has 2 aromatic rings. The lowest BCUT2D eigenvalue weighted by atomic mass is 10.1. The predicted molar refractivity (Wildman–Crippen MR) is 82.2 cm³/mol. The van der Waals surface area contributed by atoms with E-state index in [-0.39, 0.29) is 0 Å². The molecule has 0 aliphatic heterocycles. The number of nitrogens with one attached hydrogen (secondary N) is 1. The molecule has 1 N–H and O–H groups in total. The fourth-order valence-electron chi connectivity index (χ4n) is 2.51. The van der Waals surface area contributed by atoms with Crippen molar-refractivity contribution in [3.05, 3.63) is 40.8 Å². The van der Waals surface area contributed by atoms with Crippen LogP contribution in [0.2, 0.25) is 0 Å². The minimum atomic E-state index is 0.878. The molecule has 0 fully saturated rings. The number of aryl methyl sites for hydroxylation is 1. The summed E-state index contributed by atoms with van der Waals surface area (Å²) in [7, 11) is 0. The minimum Gasteiger partial charge on any atom is -0.313 e. The standard InChI is InChI=1S/C16H24N4/c1-5-8-17-11-14-7-9-18-16(10-14)20-13(4)15(6-2)12(3)19-20/h7,9-10,17H,5-6,8,11H2,1-4H3. The third kappa shape index (κ3) is 3.07. The third-order valence-corrected chi connectivity index (χ3v) is 3.58. The van der Waals surface area contributed by atoms with Crippen LogP contribution >= 0.6 is 0 Å². The molecule has 2 rings (SSSR count). The highest BCUT2D eigenvalue weighted by molar-refractivity contribution is 5.34. The van der Waals surface area contributed by atoms with E-state index in [4.69, 9.17) is 0 Å². The first kappa shape index (κ1) is 14.7. The molecule has 0 aliphatic carbocycles. The van der Waals surface area contributed by atoms with E-state index in [0.717, 1.165) is 37.4 Å². The summed E-state index contributed by atoms with van der Waals surface area (Å²) in [6.45, 7) is 10.4. The van der Waals surface area contributed by atoms with Crippen LogP contribution in [0.25, 0.3) is 5.82 Å². The molecule has 0 unspecified atom stereocenters. The van der Waals surface area contributed by atoms with Gasteiger partial charge in [-0.05, 0) is 56.5 Å². The normalized spacial score (nSPS) is 11.0. The first-order valence-corrected chi connectivity index (χ1v) is 7.38. The molecular formula is C16H24N4. The van der Waals surface area contributed by atoms with Crippen LogP contribution in [-0.2, 0) is 13.0 Å². The van der Waals surface area contributed by atoms with Gasteiger partial charge in [-0.15, -0.1) is 0 Å². The van der Waals surface area contributed by atoms with Crippen LogP contribution < -0.4 is 5.32 Å². The average Bonchev–Trinajstić information content (AvgIpc) is 2.74. The molecule has 108 valence electrons. The second-order valence-electron chi connectivity index (χ2n) is 5.11. The molecule has 20 heavy (non-hydrogen) atoms. The summed E-state index contributed by atoms with van der Waals surface area (Å²) < 4.78 is 1.96. The number of aromatic nitrogens is 3. The van der Waals surface area contributed by atoms with E-state index in [1.165, 1.54) is 16.8 Å². The predicted octanol–water partition coefficient (Wildman–Crippen LogP) is 2.95. The number of hydrogen-bond acceptors (Lipinski definition) is 3. The van der Waals surface area contributed by atoms with E-state index in [1.807, 2.05) is 10.9 Å². The molecule has 0 bridgehead atoms. The van der Waals surface area contributed by atoms with Gasteiger partial charge in [0.15, 0.2) is 5.82 Å². The Morgan fingerprint density at radius 2 is 2.05 bits per heavy atom. The van der Waals surface area contributed by atoms with Gasteiger partial charge in [0.25, 0.3) is 0 Å². The molecule has 0 radical (unpaired) electrons. The van der Waals surface area contributed by atoms with Crippen LogP contribution in [0.3, 0.4) is 0 Å². The summed E-state index contributed by atoms with van der Waals surface area (Å²) in [6, 6.07) is 4.17. The summed E-state index contributed by atoms with van der Waals surface area (Å²) >= 11 is 0. The summed E-state index contributed by atoms with van der Waals surface area (Å²) in [5.41, 5.74) is 4.85. The Morgan fingerprint density at radius 3 is 2.70 bits per heavy atom. The molecular weight excluding hydrogens is 248 g/mol. The van der Waals surface area contributed by atoms with Gasteiger partial charge in [0.2, 0.25) is 0 Å². The second kappa shape index (κ2) is 6.66. The fourth-order valence-corrected chi connectivity index (χ4v) is 2.51. The van der Waals surface area contributed by atoms with Crippen LogP contribution in [0.15, 0.2) is 18.3 Å². The highest BCUT2D eigenvalue weighted by atomic mass is 15.3. The van der Waals surface area contributed by atoms with Crippen molar-refractivity contribution >= 4 is 0 Å². The average molecular weight is 272 g/mol. The highest BCUT2D eigenvalue weighted by Crippen LogP contribution is 2.17. The molecule has 2 heterocycles. The summed E-state index contributed by atoms with van der Waals surface area (Å²) in [5, 5.41) is 8.04. The topological polar surface area (TPSA) is 42.7 Å². The van der Waals surface area contributed by atoms with Crippen LogP contribution in [0, 0.1) is 13.8 Å².